The molecule has 2 spiro atoms. The van der Waals surface area contributed by atoms with Gasteiger partial charge in [0.25, 0.3) is 10.1 Å². The monoisotopic (exact) mass is 892 g/mol. The number of nitrogens with one attached hydrogen (secondary N) is 1. The molecule has 0 atom stereocenters. The van der Waals surface area contributed by atoms with Crippen LogP contribution < -0.4 is 0 Å². The van der Waals surface area contributed by atoms with Crippen LogP contribution in [0.4, 0.5) is 11.4 Å². The van der Waals surface area contributed by atoms with Gasteiger partial charge in [0.2, 0.25) is 0 Å². The van der Waals surface area contributed by atoms with Crippen molar-refractivity contribution >= 4 is 75.2 Å². The minimum Gasteiger partial charge on any atom is -0.360 e. The number of fused-ring (bicyclic) bond motifs is 2. The van der Waals surface area contributed by atoms with E-state index in [1.165, 1.54) is 5.52 Å². The van der Waals surface area contributed by atoms with Gasteiger partial charge in [0, 0.05) is 74.9 Å². The van der Waals surface area contributed by atoms with E-state index in [0.717, 1.165) is 69.7 Å². The number of rotatable bonds is 4. The van der Waals surface area contributed by atoms with Crippen molar-refractivity contribution in [1.29, 1.82) is 0 Å². The van der Waals surface area contributed by atoms with Gasteiger partial charge in [-0.2, -0.15) is 8.42 Å². The van der Waals surface area contributed by atoms with Crippen LogP contribution in [0.15, 0.2) is 86.9 Å². The summed E-state index contributed by atoms with van der Waals surface area (Å²) in [6, 6.07) is 18.7. The topological polar surface area (TPSA) is 110 Å². The van der Waals surface area contributed by atoms with E-state index in [2.05, 4.69) is 63.4 Å². The Labute approximate surface area is 338 Å². The van der Waals surface area contributed by atoms with E-state index in [9.17, 15) is 8.42 Å². The summed E-state index contributed by atoms with van der Waals surface area (Å²) in [5, 5.41) is 2.17. The summed E-state index contributed by atoms with van der Waals surface area (Å²) in [5.74, 6) is -0.804. The standard InChI is InChI=1S/C17H17BrN2O2.C15H20O5S.C9H5BrN2/c1-19-12-2-3-16-14(10-12)15(18)11-20(16)13-4-6-17(7-5-13)21-8-9-22-17;1-12-2-4-14(5-3-12)21(16,17)20-13-6-8-15(9-7-13)18-10-11-19-15;1-11-6-2-3-9-7(4-6)8(10)5-12-9/h2-3,10-11,13H,4-9H2;2-5,13H,6-11H2,1H3;2-5,12H. The van der Waals surface area contributed by atoms with E-state index in [0.29, 0.717) is 56.3 Å². The van der Waals surface area contributed by atoms with E-state index >= 15 is 0 Å². The molecule has 2 saturated heterocycles. The number of aryl methyl sites for hydroxylation is 1. The molecule has 9 rings (SSSR count). The summed E-state index contributed by atoms with van der Waals surface area (Å²) >= 11 is 7.03. The molecule has 14 heteroatoms. The molecule has 4 fully saturated rings. The summed E-state index contributed by atoms with van der Waals surface area (Å²) in [7, 11) is -3.69. The van der Waals surface area contributed by atoms with Crippen LogP contribution in [-0.2, 0) is 33.2 Å². The van der Waals surface area contributed by atoms with Crippen molar-refractivity contribution in [2.75, 3.05) is 26.4 Å². The first-order chi connectivity index (χ1) is 26.5. The predicted molar refractivity (Wildman–Crippen MR) is 217 cm³/mol. The number of aromatic amines is 1. The second kappa shape index (κ2) is 16.9. The Kier molecular flexibility index (Phi) is 12.2. The molecule has 0 unspecified atom stereocenters. The summed E-state index contributed by atoms with van der Waals surface area (Å²) in [4.78, 5) is 10.2. The number of halogens is 2. The van der Waals surface area contributed by atoms with Crippen molar-refractivity contribution in [2.24, 2.45) is 0 Å². The Morgan fingerprint density at radius 3 is 1.89 bits per heavy atom. The number of nitrogens with zero attached hydrogens (tertiary/aromatic N) is 3. The Balaban J connectivity index is 0.000000132. The molecule has 4 heterocycles. The predicted octanol–water partition coefficient (Wildman–Crippen LogP) is 10.7. The highest BCUT2D eigenvalue weighted by Crippen LogP contribution is 2.43. The van der Waals surface area contributed by atoms with Gasteiger partial charge < -0.3 is 28.5 Å². The van der Waals surface area contributed by atoms with Crippen molar-refractivity contribution in [3.63, 3.8) is 0 Å². The number of aromatic nitrogens is 2. The van der Waals surface area contributed by atoms with Gasteiger partial charge in [-0.3, -0.25) is 4.18 Å². The van der Waals surface area contributed by atoms with Gasteiger partial charge in [0.05, 0.1) is 50.6 Å². The van der Waals surface area contributed by atoms with Gasteiger partial charge in [-0.1, -0.05) is 29.8 Å². The zero-order valence-electron chi connectivity index (χ0n) is 30.4. The van der Waals surface area contributed by atoms with Crippen LogP contribution in [0.1, 0.15) is 63.0 Å². The van der Waals surface area contributed by atoms with Gasteiger partial charge in [0.1, 0.15) is 0 Å². The SMILES string of the molecule is Cc1ccc(S(=O)(=O)OC2CCC3(CC2)OCCO3)cc1.[C-]#[N+]c1ccc2[nH]cc(Br)c2c1.[C-]#[N+]c1ccc2c(c1)c(Br)cn2C1CCC2(CC1)OCCO2. The number of hydrogen-bond donors (Lipinski definition) is 1. The molecule has 3 aromatic carbocycles. The van der Waals surface area contributed by atoms with Crippen molar-refractivity contribution in [2.45, 2.75) is 86.9 Å². The van der Waals surface area contributed by atoms with Crippen molar-refractivity contribution in [3.8, 4) is 0 Å². The molecule has 11 nitrogen and oxygen atoms in total. The Morgan fingerprint density at radius 1 is 0.764 bits per heavy atom. The molecule has 0 bridgehead atoms. The molecular formula is C41H42Br2N4O7S. The summed E-state index contributed by atoms with van der Waals surface area (Å²) in [6.07, 6.45) is 10.4. The number of ether oxygens (including phenoxy) is 4. The zero-order chi connectivity index (χ0) is 38.6. The molecule has 2 aromatic heterocycles. The van der Waals surface area contributed by atoms with Gasteiger partial charge in [-0.25, -0.2) is 9.69 Å². The van der Waals surface area contributed by atoms with Gasteiger partial charge >= 0.3 is 0 Å². The van der Waals surface area contributed by atoms with Gasteiger partial charge in [-0.05, 0) is 101 Å². The van der Waals surface area contributed by atoms with E-state index in [1.54, 1.807) is 30.3 Å². The molecule has 2 aliphatic heterocycles. The van der Waals surface area contributed by atoms with Crippen LogP contribution in [-0.4, -0.2) is 62.1 Å². The number of hydrogen-bond acceptors (Lipinski definition) is 7. The molecule has 4 aliphatic rings. The van der Waals surface area contributed by atoms with Crippen LogP contribution in [0.3, 0.4) is 0 Å². The molecule has 2 saturated carbocycles. The molecule has 0 amide bonds. The fraction of sp³-hybridized carbons (Fsp3) is 0.415. The fourth-order valence-corrected chi connectivity index (χ4v) is 9.79. The second-order valence-corrected chi connectivity index (χ2v) is 17.5. The lowest BCUT2D eigenvalue weighted by Crippen LogP contribution is -2.38. The maximum atomic E-state index is 12.2. The van der Waals surface area contributed by atoms with Crippen LogP contribution in [0.5, 0.6) is 0 Å². The third-order valence-corrected chi connectivity index (χ3v) is 13.3. The van der Waals surface area contributed by atoms with Crippen molar-refractivity contribution in [1.82, 2.24) is 9.55 Å². The molecule has 5 aromatic rings. The van der Waals surface area contributed by atoms with Crippen molar-refractivity contribution in [3.05, 3.63) is 110 Å². The minimum atomic E-state index is -3.69. The molecule has 55 heavy (non-hydrogen) atoms. The maximum absolute atomic E-state index is 12.2. The lowest BCUT2D eigenvalue weighted by Gasteiger charge is -2.36. The lowest BCUT2D eigenvalue weighted by molar-refractivity contribution is -0.185. The summed E-state index contributed by atoms with van der Waals surface area (Å²) in [6.45, 7) is 18.6. The summed E-state index contributed by atoms with van der Waals surface area (Å²) < 4.78 is 57.1. The number of H-pyrrole nitrogens is 1. The highest BCUT2D eigenvalue weighted by Gasteiger charge is 2.42. The van der Waals surface area contributed by atoms with Crippen molar-refractivity contribution < 1.29 is 31.5 Å². The minimum absolute atomic E-state index is 0.210. The van der Waals surface area contributed by atoms with Crippen LogP contribution in [0.25, 0.3) is 31.5 Å². The van der Waals surface area contributed by atoms with E-state index < -0.39 is 15.9 Å². The molecule has 2 aliphatic carbocycles. The Hall–Kier alpha value is -3.57. The number of benzene rings is 3. The summed E-state index contributed by atoms with van der Waals surface area (Å²) in [5.41, 5.74) is 4.61. The van der Waals surface area contributed by atoms with Crippen LogP contribution >= 0.6 is 31.9 Å². The van der Waals surface area contributed by atoms with E-state index in [1.807, 2.05) is 37.4 Å². The third-order valence-electron chi connectivity index (χ3n) is 10.6. The third kappa shape index (κ3) is 9.03. The fourth-order valence-electron chi connectivity index (χ4n) is 7.68. The molecular weight excluding hydrogens is 852 g/mol. The molecule has 1 N–H and O–H groups in total. The first-order valence-electron chi connectivity index (χ1n) is 18.4. The van der Waals surface area contributed by atoms with Crippen LogP contribution in [0.2, 0.25) is 0 Å². The van der Waals surface area contributed by atoms with E-state index in [-0.39, 0.29) is 16.8 Å². The zero-order valence-corrected chi connectivity index (χ0v) is 34.4. The van der Waals surface area contributed by atoms with Gasteiger partial charge in [0.15, 0.2) is 22.9 Å². The average molecular weight is 895 g/mol. The van der Waals surface area contributed by atoms with Gasteiger partial charge in [-0.15, -0.1) is 0 Å². The van der Waals surface area contributed by atoms with E-state index in [4.69, 9.17) is 36.3 Å². The average Bonchev–Trinajstić information content (AvgIpc) is 4.01. The van der Waals surface area contributed by atoms with Crippen LogP contribution in [0, 0.1) is 20.1 Å². The molecule has 288 valence electrons. The second-order valence-electron chi connectivity index (χ2n) is 14.2. The largest absolute Gasteiger partial charge is 0.360 e. The Bertz CT molecular complexity index is 2310. The lowest BCUT2D eigenvalue weighted by atomic mass is 9.90. The smallest absolute Gasteiger partial charge is 0.297 e. The maximum Gasteiger partial charge on any atom is 0.297 e. The quantitative estimate of drug-likeness (QED) is 0.141. The highest BCUT2D eigenvalue weighted by molar-refractivity contribution is 9.11. The normalized spacial score (nSPS) is 20.4. The first kappa shape index (κ1) is 39.7. The highest BCUT2D eigenvalue weighted by atomic mass is 79.9. The molecule has 0 radical (unpaired) electrons. The Morgan fingerprint density at radius 2 is 1.31 bits per heavy atom. The first-order valence-corrected chi connectivity index (χ1v) is 21.4.